The summed E-state index contributed by atoms with van der Waals surface area (Å²) in [6.45, 7) is 4.56. The Morgan fingerprint density at radius 3 is 2.55 bits per heavy atom. The Balaban J connectivity index is 3.23. The lowest BCUT2D eigenvalue weighted by molar-refractivity contribution is -0.121. The van der Waals surface area contributed by atoms with Gasteiger partial charge in [-0.3, -0.25) is 15.6 Å². The van der Waals surface area contributed by atoms with Crippen molar-refractivity contribution in [3.05, 3.63) is 0 Å². The number of carbonyl (C=O) groups excluding carboxylic acids is 1. The van der Waals surface area contributed by atoms with Crippen LogP contribution in [0.2, 0.25) is 0 Å². The SMILES string of the molecule is CNNCCC(=O)NC(C)C. The Labute approximate surface area is 67.7 Å². The lowest BCUT2D eigenvalue weighted by Gasteiger charge is -2.07. The molecule has 0 heterocycles. The fraction of sp³-hybridized carbons (Fsp3) is 0.857. The number of nitrogens with one attached hydrogen (secondary N) is 3. The highest BCUT2D eigenvalue weighted by Gasteiger charge is 2.00. The fourth-order valence-electron chi connectivity index (χ4n) is 0.695. The normalized spacial score (nSPS) is 10.2. The van der Waals surface area contributed by atoms with Crippen molar-refractivity contribution in [1.29, 1.82) is 0 Å². The minimum atomic E-state index is 0.0859. The van der Waals surface area contributed by atoms with E-state index in [2.05, 4.69) is 16.2 Å². The van der Waals surface area contributed by atoms with E-state index in [1.807, 2.05) is 13.8 Å². The van der Waals surface area contributed by atoms with Gasteiger partial charge >= 0.3 is 0 Å². The molecule has 1 amide bonds. The lowest BCUT2D eigenvalue weighted by atomic mass is 10.3. The standard InChI is InChI=1S/C7H17N3O/c1-6(2)10-7(11)4-5-9-8-3/h6,8-9H,4-5H2,1-3H3,(H,10,11). The van der Waals surface area contributed by atoms with Crippen LogP contribution in [0.25, 0.3) is 0 Å². The van der Waals surface area contributed by atoms with Gasteiger partial charge in [-0.25, -0.2) is 0 Å². The minimum absolute atomic E-state index is 0.0859. The van der Waals surface area contributed by atoms with E-state index >= 15 is 0 Å². The van der Waals surface area contributed by atoms with E-state index in [1.54, 1.807) is 7.05 Å². The van der Waals surface area contributed by atoms with Crippen LogP contribution >= 0.6 is 0 Å². The number of amides is 1. The largest absolute Gasteiger partial charge is 0.354 e. The van der Waals surface area contributed by atoms with Crippen LogP contribution in [0.5, 0.6) is 0 Å². The Morgan fingerprint density at radius 1 is 1.45 bits per heavy atom. The second-order valence-corrected chi connectivity index (χ2v) is 2.65. The first-order valence-corrected chi connectivity index (χ1v) is 3.85. The van der Waals surface area contributed by atoms with E-state index in [-0.39, 0.29) is 11.9 Å². The average molecular weight is 159 g/mol. The van der Waals surface area contributed by atoms with Gasteiger partial charge in [-0.05, 0) is 20.9 Å². The smallest absolute Gasteiger partial charge is 0.221 e. The summed E-state index contributed by atoms with van der Waals surface area (Å²) in [6.07, 6.45) is 0.513. The molecule has 0 aliphatic carbocycles. The molecule has 0 saturated carbocycles. The summed E-state index contributed by atoms with van der Waals surface area (Å²) in [5.74, 6) is 0.0859. The first-order chi connectivity index (χ1) is 5.16. The summed E-state index contributed by atoms with van der Waals surface area (Å²) in [6, 6.07) is 0.233. The fourth-order valence-corrected chi connectivity index (χ4v) is 0.695. The summed E-state index contributed by atoms with van der Waals surface area (Å²) in [7, 11) is 1.78. The van der Waals surface area contributed by atoms with Crippen LogP contribution in [0.15, 0.2) is 0 Å². The first kappa shape index (κ1) is 10.4. The van der Waals surface area contributed by atoms with E-state index in [1.165, 1.54) is 0 Å². The minimum Gasteiger partial charge on any atom is -0.354 e. The van der Waals surface area contributed by atoms with Crippen molar-refractivity contribution in [2.24, 2.45) is 0 Å². The zero-order valence-electron chi connectivity index (χ0n) is 7.40. The summed E-state index contributed by atoms with van der Waals surface area (Å²) >= 11 is 0. The van der Waals surface area contributed by atoms with Gasteiger partial charge in [0.15, 0.2) is 0 Å². The van der Waals surface area contributed by atoms with Crippen molar-refractivity contribution in [3.63, 3.8) is 0 Å². The van der Waals surface area contributed by atoms with E-state index in [9.17, 15) is 4.79 Å². The Morgan fingerprint density at radius 2 is 2.09 bits per heavy atom. The van der Waals surface area contributed by atoms with Gasteiger partial charge in [0.05, 0.1) is 0 Å². The number of hydrogen-bond acceptors (Lipinski definition) is 3. The summed E-state index contributed by atoms with van der Waals surface area (Å²) in [5, 5.41) is 2.79. The quantitative estimate of drug-likeness (QED) is 0.379. The van der Waals surface area contributed by atoms with Crippen LogP contribution in [0.1, 0.15) is 20.3 Å². The van der Waals surface area contributed by atoms with Crippen LogP contribution in [0.4, 0.5) is 0 Å². The van der Waals surface area contributed by atoms with Gasteiger partial charge in [0.25, 0.3) is 0 Å². The molecule has 11 heavy (non-hydrogen) atoms. The third-order valence-electron chi connectivity index (χ3n) is 1.10. The van der Waals surface area contributed by atoms with Gasteiger partial charge in [-0.15, -0.1) is 0 Å². The van der Waals surface area contributed by atoms with Crippen molar-refractivity contribution in [1.82, 2.24) is 16.2 Å². The summed E-state index contributed by atoms with van der Waals surface area (Å²) < 4.78 is 0. The van der Waals surface area contributed by atoms with Crippen LogP contribution in [0, 0.1) is 0 Å². The summed E-state index contributed by atoms with van der Waals surface area (Å²) in [5.41, 5.74) is 5.59. The molecule has 0 saturated heterocycles. The Hall–Kier alpha value is -0.610. The van der Waals surface area contributed by atoms with Gasteiger partial charge in [-0.1, -0.05) is 0 Å². The van der Waals surface area contributed by atoms with Gasteiger partial charge < -0.3 is 5.32 Å². The zero-order valence-corrected chi connectivity index (χ0v) is 7.40. The van der Waals surface area contributed by atoms with E-state index in [0.717, 1.165) is 0 Å². The maximum absolute atomic E-state index is 10.9. The van der Waals surface area contributed by atoms with Crippen molar-refractivity contribution < 1.29 is 4.79 Å². The third kappa shape index (κ3) is 7.29. The average Bonchev–Trinajstić information content (AvgIpc) is 1.86. The molecule has 0 atom stereocenters. The van der Waals surface area contributed by atoms with Gasteiger partial charge in [0.2, 0.25) is 5.91 Å². The van der Waals surface area contributed by atoms with Gasteiger partial charge in [-0.2, -0.15) is 0 Å². The topological polar surface area (TPSA) is 53.2 Å². The van der Waals surface area contributed by atoms with Crippen LogP contribution in [0.3, 0.4) is 0 Å². The van der Waals surface area contributed by atoms with Crippen LogP contribution in [-0.4, -0.2) is 25.5 Å². The predicted molar refractivity (Wildman–Crippen MR) is 45.0 cm³/mol. The molecular weight excluding hydrogens is 142 g/mol. The molecule has 0 spiro atoms. The van der Waals surface area contributed by atoms with Crippen molar-refractivity contribution in [3.8, 4) is 0 Å². The van der Waals surface area contributed by atoms with Crippen LogP contribution in [-0.2, 0) is 4.79 Å². The molecule has 0 bridgehead atoms. The molecule has 0 aromatic carbocycles. The second-order valence-electron chi connectivity index (χ2n) is 2.65. The van der Waals surface area contributed by atoms with E-state index in [0.29, 0.717) is 13.0 Å². The number of hydrazine groups is 1. The second kappa shape index (κ2) is 6.12. The predicted octanol–water partition coefficient (Wildman–Crippen LogP) is -0.375. The van der Waals surface area contributed by atoms with Crippen LogP contribution < -0.4 is 16.2 Å². The summed E-state index contributed by atoms with van der Waals surface area (Å²) in [4.78, 5) is 10.9. The molecule has 0 rings (SSSR count). The third-order valence-corrected chi connectivity index (χ3v) is 1.10. The van der Waals surface area contributed by atoms with Gasteiger partial charge in [0.1, 0.15) is 0 Å². The molecule has 0 unspecified atom stereocenters. The molecule has 3 N–H and O–H groups in total. The number of carbonyl (C=O) groups is 1. The Bertz CT molecular complexity index is 114. The highest BCUT2D eigenvalue weighted by Crippen LogP contribution is 1.80. The molecule has 0 aromatic heterocycles. The number of hydrogen-bond donors (Lipinski definition) is 3. The highest BCUT2D eigenvalue weighted by atomic mass is 16.1. The molecule has 0 aliphatic heterocycles. The Kier molecular flexibility index (Phi) is 5.78. The molecular formula is C7H17N3O. The van der Waals surface area contributed by atoms with E-state index in [4.69, 9.17) is 0 Å². The molecule has 4 nitrogen and oxygen atoms in total. The molecule has 66 valence electrons. The molecule has 0 radical (unpaired) electrons. The molecule has 0 aliphatic rings. The van der Waals surface area contributed by atoms with Crippen molar-refractivity contribution >= 4 is 5.91 Å². The van der Waals surface area contributed by atoms with E-state index < -0.39 is 0 Å². The molecule has 0 aromatic rings. The maximum atomic E-state index is 10.9. The molecule has 4 heteroatoms. The van der Waals surface area contributed by atoms with Crippen molar-refractivity contribution in [2.45, 2.75) is 26.3 Å². The monoisotopic (exact) mass is 159 g/mol. The van der Waals surface area contributed by atoms with Gasteiger partial charge in [0, 0.05) is 19.0 Å². The first-order valence-electron chi connectivity index (χ1n) is 3.85. The van der Waals surface area contributed by atoms with Crippen molar-refractivity contribution in [2.75, 3.05) is 13.6 Å². The zero-order chi connectivity index (χ0) is 8.69. The lowest BCUT2D eigenvalue weighted by Crippen LogP contribution is -2.35. The number of rotatable bonds is 5. The highest BCUT2D eigenvalue weighted by molar-refractivity contribution is 5.76. The molecule has 0 fully saturated rings. The maximum Gasteiger partial charge on any atom is 0.221 e.